The molecule has 0 saturated heterocycles. The van der Waals surface area contributed by atoms with E-state index >= 15 is 0 Å². The molecule has 0 amide bonds. The van der Waals surface area contributed by atoms with Crippen LogP contribution < -0.4 is 0 Å². The second kappa shape index (κ2) is 7.11. The molecule has 2 unspecified atom stereocenters. The molecule has 100 valence electrons. The van der Waals surface area contributed by atoms with E-state index in [1.807, 2.05) is 0 Å². The van der Waals surface area contributed by atoms with E-state index in [0.29, 0.717) is 16.1 Å². The van der Waals surface area contributed by atoms with Crippen LogP contribution in [0.15, 0.2) is 18.2 Å². The van der Waals surface area contributed by atoms with E-state index in [2.05, 4.69) is 0 Å². The van der Waals surface area contributed by atoms with Crippen molar-refractivity contribution in [3.05, 3.63) is 34.3 Å². The Morgan fingerprint density at radius 2 is 2.11 bits per heavy atom. The molecule has 0 aromatic heterocycles. The molecule has 0 spiro atoms. The van der Waals surface area contributed by atoms with Gasteiger partial charge in [-0.2, -0.15) is 0 Å². The highest BCUT2D eigenvalue weighted by molar-refractivity contribution is 8.13. The third kappa shape index (κ3) is 4.26. The van der Waals surface area contributed by atoms with Crippen LogP contribution in [0.4, 0.5) is 0 Å². The molecule has 0 heterocycles. The van der Waals surface area contributed by atoms with Crippen molar-refractivity contribution in [3.63, 3.8) is 0 Å². The molecular formula is C12H15ClO4S. The lowest BCUT2D eigenvalue weighted by Gasteiger charge is -2.18. The normalized spacial score (nSPS) is 14.3. The van der Waals surface area contributed by atoms with Gasteiger partial charge in [-0.3, -0.25) is 4.79 Å². The number of halogens is 1. The van der Waals surface area contributed by atoms with E-state index < -0.39 is 12.2 Å². The summed E-state index contributed by atoms with van der Waals surface area (Å²) in [7, 11) is 0. The molecule has 1 aromatic rings. The van der Waals surface area contributed by atoms with Gasteiger partial charge in [-0.25, -0.2) is 0 Å². The van der Waals surface area contributed by atoms with Crippen molar-refractivity contribution in [1.82, 2.24) is 0 Å². The van der Waals surface area contributed by atoms with E-state index in [-0.39, 0.29) is 17.5 Å². The van der Waals surface area contributed by atoms with Crippen LogP contribution in [0, 0.1) is 0 Å². The van der Waals surface area contributed by atoms with Crippen LogP contribution in [-0.2, 0) is 11.4 Å². The lowest BCUT2D eigenvalue weighted by molar-refractivity contribution is -0.109. The van der Waals surface area contributed by atoms with Gasteiger partial charge in [0.05, 0.1) is 12.7 Å². The van der Waals surface area contributed by atoms with Gasteiger partial charge in [0.25, 0.3) is 0 Å². The van der Waals surface area contributed by atoms with Crippen molar-refractivity contribution < 1.29 is 20.1 Å². The van der Waals surface area contributed by atoms with E-state index in [4.69, 9.17) is 16.7 Å². The quantitative estimate of drug-likeness (QED) is 0.766. The number of benzene rings is 1. The van der Waals surface area contributed by atoms with Crippen LogP contribution >= 0.6 is 23.4 Å². The Labute approximate surface area is 115 Å². The minimum absolute atomic E-state index is 0.117. The van der Waals surface area contributed by atoms with Crippen LogP contribution in [-0.4, -0.2) is 32.3 Å². The molecule has 0 fully saturated rings. The Hall–Kier alpha value is -0.590. The smallest absolute Gasteiger partial charge is 0.185 e. The van der Waals surface area contributed by atoms with Gasteiger partial charge < -0.3 is 15.3 Å². The number of thioether (sulfide) groups is 1. The standard InChI is InChI=1S/C12H15ClO4S/c1-7(15)18-6-11(16)12(17)8-2-3-10(13)9(4-8)5-14/h2-4,11-12,14,16-17H,5-6H2,1H3. The van der Waals surface area contributed by atoms with Crippen molar-refractivity contribution in [2.75, 3.05) is 5.75 Å². The molecule has 0 radical (unpaired) electrons. The maximum absolute atomic E-state index is 10.8. The van der Waals surface area contributed by atoms with Crippen molar-refractivity contribution in [2.45, 2.75) is 25.7 Å². The lowest BCUT2D eigenvalue weighted by Crippen LogP contribution is -2.21. The Balaban J connectivity index is 2.76. The van der Waals surface area contributed by atoms with Gasteiger partial charge in [0, 0.05) is 17.7 Å². The first kappa shape index (κ1) is 15.5. The van der Waals surface area contributed by atoms with E-state index in [9.17, 15) is 15.0 Å². The summed E-state index contributed by atoms with van der Waals surface area (Å²) in [6.07, 6.45) is -2.16. The van der Waals surface area contributed by atoms with Crippen LogP contribution in [0.5, 0.6) is 0 Å². The zero-order valence-corrected chi connectivity index (χ0v) is 11.4. The number of hydrogen-bond donors (Lipinski definition) is 3. The third-order valence-electron chi connectivity index (χ3n) is 2.40. The first-order valence-corrected chi connectivity index (χ1v) is 6.70. The molecule has 0 aliphatic rings. The predicted octanol–water partition coefficient (Wildman–Crippen LogP) is 1.51. The highest BCUT2D eigenvalue weighted by Crippen LogP contribution is 2.25. The zero-order chi connectivity index (χ0) is 13.7. The molecule has 18 heavy (non-hydrogen) atoms. The summed E-state index contributed by atoms with van der Waals surface area (Å²) in [5.41, 5.74) is 0.944. The van der Waals surface area contributed by atoms with Crippen molar-refractivity contribution in [3.8, 4) is 0 Å². The van der Waals surface area contributed by atoms with E-state index in [1.54, 1.807) is 12.1 Å². The van der Waals surface area contributed by atoms with Gasteiger partial charge in [0.2, 0.25) is 0 Å². The maximum Gasteiger partial charge on any atom is 0.185 e. The number of carbonyl (C=O) groups excluding carboxylic acids is 1. The molecule has 1 aromatic carbocycles. The van der Waals surface area contributed by atoms with Crippen molar-refractivity contribution >= 4 is 28.5 Å². The van der Waals surface area contributed by atoms with Crippen LogP contribution in [0.2, 0.25) is 5.02 Å². The van der Waals surface area contributed by atoms with E-state index in [0.717, 1.165) is 11.8 Å². The first-order chi connectivity index (χ1) is 8.45. The average Bonchev–Trinajstić information content (AvgIpc) is 2.35. The number of aliphatic hydroxyl groups excluding tert-OH is 3. The Morgan fingerprint density at radius 1 is 1.44 bits per heavy atom. The molecule has 6 heteroatoms. The number of aliphatic hydroxyl groups is 3. The molecule has 0 saturated carbocycles. The minimum atomic E-state index is -1.11. The predicted molar refractivity (Wildman–Crippen MR) is 71.5 cm³/mol. The molecule has 1 rings (SSSR count). The molecular weight excluding hydrogens is 276 g/mol. The SMILES string of the molecule is CC(=O)SCC(O)C(O)c1ccc(Cl)c(CO)c1. The van der Waals surface area contributed by atoms with Crippen LogP contribution in [0.1, 0.15) is 24.2 Å². The fourth-order valence-electron chi connectivity index (χ4n) is 1.42. The fraction of sp³-hybridized carbons (Fsp3) is 0.417. The van der Waals surface area contributed by atoms with Gasteiger partial charge in [-0.05, 0) is 23.3 Å². The second-order valence-electron chi connectivity index (χ2n) is 3.82. The Morgan fingerprint density at radius 3 is 2.67 bits per heavy atom. The molecule has 2 atom stereocenters. The monoisotopic (exact) mass is 290 g/mol. The average molecular weight is 291 g/mol. The number of carbonyl (C=O) groups is 1. The topological polar surface area (TPSA) is 77.8 Å². The second-order valence-corrected chi connectivity index (χ2v) is 5.43. The summed E-state index contributed by atoms with van der Waals surface area (Å²) in [4.78, 5) is 10.8. The highest BCUT2D eigenvalue weighted by Gasteiger charge is 2.19. The van der Waals surface area contributed by atoms with Gasteiger partial charge in [0.1, 0.15) is 6.10 Å². The largest absolute Gasteiger partial charge is 0.392 e. The third-order valence-corrected chi connectivity index (χ3v) is 3.69. The number of hydrogen-bond acceptors (Lipinski definition) is 5. The summed E-state index contributed by atoms with van der Waals surface area (Å²) in [6, 6.07) is 4.67. The molecule has 3 N–H and O–H groups in total. The van der Waals surface area contributed by atoms with Gasteiger partial charge in [0.15, 0.2) is 5.12 Å². The summed E-state index contributed by atoms with van der Waals surface area (Å²) >= 11 is 6.78. The summed E-state index contributed by atoms with van der Waals surface area (Å²) < 4.78 is 0. The Bertz CT molecular complexity index is 425. The fourth-order valence-corrected chi connectivity index (χ4v) is 2.18. The number of rotatable bonds is 5. The van der Waals surface area contributed by atoms with E-state index in [1.165, 1.54) is 13.0 Å². The van der Waals surface area contributed by atoms with Crippen molar-refractivity contribution in [2.24, 2.45) is 0 Å². The van der Waals surface area contributed by atoms with Gasteiger partial charge in [-0.15, -0.1) is 0 Å². The Kier molecular flexibility index (Phi) is 6.11. The summed E-state index contributed by atoms with van der Waals surface area (Å²) in [5.74, 6) is 0.119. The minimum Gasteiger partial charge on any atom is -0.392 e. The van der Waals surface area contributed by atoms with Crippen molar-refractivity contribution in [1.29, 1.82) is 0 Å². The molecule has 0 bridgehead atoms. The first-order valence-electron chi connectivity index (χ1n) is 5.34. The summed E-state index contributed by atoms with van der Waals surface area (Å²) in [5, 5.41) is 29.0. The zero-order valence-electron chi connectivity index (χ0n) is 9.84. The van der Waals surface area contributed by atoms with Gasteiger partial charge in [-0.1, -0.05) is 29.4 Å². The molecule has 4 nitrogen and oxygen atoms in total. The van der Waals surface area contributed by atoms with Crippen LogP contribution in [0.3, 0.4) is 0 Å². The highest BCUT2D eigenvalue weighted by atomic mass is 35.5. The van der Waals surface area contributed by atoms with Crippen LogP contribution in [0.25, 0.3) is 0 Å². The molecule has 0 aliphatic heterocycles. The molecule has 0 aliphatic carbocycles. The van der Waals surface area contributed by atoms with Gasteiger partial charge >= 0.3 is 0 Å². The summed E-state index contributed by atoms with van der Waals surface area (Å²) in [6.45, 7) is 1.16. The lowest BCUT2D eigenvalue weighted by atomic mass is 10.0. The maximum atomic E-state index is 10.8.